The van der Waals surface area contributed by atoms with E-state index < -0.39 is 4.92 Å². The van der Waals surface area contributed by atoms with Crippen molar-refractivity contribution in [3.8, 4) is 0 Å². The van der Waals surface area contributed by atoms with Crippen LogP contribution < -0.4 is 5.32 Å². The lowest BCUT2D eigenvalue weighted by molar-refractivity contribution is -0.380. The maximum absolute atomic E-state index is 11.8. The van der Waals surface area contributed by atoms with Crippen molar-refractivity contribution in [1.82, 2.24) is 5.32 Å². The molecule has 0 aliphatic rings. The fraction of sp³-hybridized carbons (Fsp3) is 0.154. The van der Waals surface area contributed by atoms with Crippen molar-refractivity contribution in [2.45, 2.75) is 5.38 Å². The molecular weight excluding hydrogens is 300 g/mol. The van der Waals surface area contributed by atoms with Crippen LogP contribution in [0.3, 0.4) is 0 Å². The van der Waals surface area contributed by atoms with Gasteiger partial charge in [-0.2, -0.15) is 0 Å². The molecule has 0 fully saturated rings. The van der Waals surface area contributed by atoms with Gasteiger partial charge in [0.25, 0.3) is 5.91 Å². The highest BCUT2D eigenvalue weighted by Crippen LogP contribution is 2.24. The van der Waals surface area contributed by atoms with E-state index in [1.165, 1.54) is 12.1 Å². The summed E-state index contributed by atoms with van der Waals surface area (Å²) in [4.78, 5) is 22.2. The van der Waals surface area contributed by atoms with Crippen LogP contribution in [0, 0.1) is 10.1 Å². The van der Waals surface area contributed by atoms with Crippen molar-refractivity contribution in [3.05, 3.63) is 63.0 Å². The number of halogens is 1. The normalized spacial score (nSPS) is 11.8. The first kappa shape index (κ1) is 14.5. The van der Waals surface area contributed by atoms with Crippen LogP contribution in [-0.2, 0) is 0 Å². The average molecular weight is 311 g/mol. The predicted octanol–water partition coefficient (Wildman–Crippen LogP) is 3.37. The topological polar surface area (TPSA) is 72.2 Å². The van der Waals surface area contributed by atoms with Crippen molar-refractivity contribution in [2.24, 2.45) is 0 Å². The molecule has 104 valence electrons. The zero-order valence-electron chi connectivity index (χ0n) is 10.3. The van der Waals surface area contributed by atoms with Gasteiger partial charge in [-0.3, -0.25) is 14.9 Å². The highest BCUT2D eigenvalue weighted by molar-refractivity contribution is 7.17. The molecule has 7 heteroatoms. The summed E-state index contributed by atoms with van der Waals surface area (Å²) in [7, 11) is 0. The molecule has 0 radical (unpaired) electrons. The van der Waals surface area contributed by atoms with Gasteiger partial charge in [0.2, 0.25) is 0 Å². The maximum atomic E-state index is 11.8. The maximum Gasteiger partial charge on any atom is 0.324 e. The SMILES string of the molecule is O=C(NCC(Cl)c1ccccc1)c1ccc([N+](=O)[O-])s1. The fourth-order valence-corrected chi connectivity index (χ4v) is 2.56. The molecule has 0 bridgehead atoms. The monoisotopic (exact) mass is 310 g/mol. The van der Waals surface area contributed by atoms with Crippen LogP contribution in [-0.4, -0.2) is 17.4 Å². The first-order valence-electron chi connectivity index (χ1n) is 5.79. The van der Waals surface area contributed by atoms with Gasteiger partial charge in [0.05, 0.1) is 15.2 Å². The number of thiophene rings is 1. The minimum absolute atomic E-state index is 0.0550. The van der Waals surface area contributed by atoms with Gasteiger partial charge in [-0.25, -0.2) is 0 Å². The second-order valence-electron chi connectivity index (χ2n) is 3.98. The molecular formula is C13H11ClN2O3S. The smallest absolute Gasteiger partial charge is 0.324 e. The molecule has 1 heterocycles. The van der Waals surface area contributed by atoms with Gasteiger partial charge in [0, 0.05) is 12.6 Å². The molecule has 1 aromatic heterocycles. The third kappa shape index (κ3) is 3.55. The standard InChI is InChI=1S/C13H11ClN2O3S/c14-10(9-4-2-1-3-5-9)8-15-13(17)11-6-7-12(20-11)16(18)19/h1-7,10H,8H2,(H,15,17). The van der Waals surface area contributed by atoms with Crippen LogP contribution >= 0.6 is 22.9 Å². The Morgan fingerprint density at radius 3 is 2.60 bits per heavy atom. The van der Waals surface area contributed by atoms with Crippen molar-refractivity contribution in [3.63, 3.8) is 0 Å². The highest BCUT2D eigenvalue weighted by atomic mass is 35.5. The largest absolute Gasteiger partial charge is 0.350 e. The molecule has 1 unspecified atom stereocenters. The minimum Gasteiger partial charge on any atom is -0.350 e. The molecule has 0 aliphatic heterocycles. The summed E-state index contributed by atoms with van der Waals surface area (Å²) >= 11 is 7.02. The number of amides is 1. The molecule has 0 spiro atoms. The van der Waals surface area contributed by atoms with Crippen LogP contribution in [0.15, 0.2) is 42.5 Å². The molecule has 2 aromatic rings. The Bertz CT molecular complexity index is 615. The number of nitrogens with zero attached hydrogens (tertiary/aromatic N) is 1. The van der Waals surface area contributed by atoms with E-state index in [0.29, 0.717) is 4.88 Å². The van der Waals surface area contributed by atoms with Crippen LogP contribution in [0.4, 0.5) is 5.00 Å². The van der Waals surface area contributed by atoms with Crippen LogP contribution in [0.2, 0.25) is 0 Å². The van der Waals surface area contributed by atoms with E-state index in [0.717, 1.165) is 16.9 Å². The number of hydrogen-bond acceptors (Lipinski definition) is 4. The Kier molecular flexibility index (Phi) is 4.70. The lowest BCUT2D eigenvalue weighted by atomic mass is 10.1. The molecule has 2 rings (SSSR count). The highest BCUT2D eigenvalue weighted by Gasteiger charge is 2.16. The summed E-state index contributed by atoms with van der Waals surface area (Å²) in [5.41, 5.74) is 0.909. The molecule has 1 aromatic carbocycles. The van der Waals surface area contributed by atoms with E-state index in [2.05, 4.69) is 5.32 Å². The fourth-order valence-electron chi connectivity index (χ4n) is 1.60. The Morgan fingerprint density at radius 2 is 2.00 bits per heavy atom. The number of rotatable bonds is 5. The van der Waals surface area contributed by atoms with E-state index >= 15 is 0 Å². The van der Waals surface area contributed by atoms with Crippen molar-refractivity contribution in [2.75, 3.05) is 6.54 Å². The number of carbonyl (C=O) groups excluding carboxylic acids is 1. The van der Waals surface area contributed by atoms with Gasteiger partial charge in [-0.05, 0) is 11.6 Å². The van der Waals surface area contributed by atoms with Gasteiger partial charge >= 0.3 is 5.00 Å². The van der Waals surface area contributed by atoms with Crippen LogP contribution in [0.1, 0.15) is 20.6 Å². The first-order valence-corrected chi connectivity index (χ1v) is 7.04. The van der Waals surface area contributed by atoms with Gasteiger partial charge in [0.15, 0.2) is 0 Å². The number of hydrogen-bond donors (Lipinski definition) is 1. The average Bonchev–Trinajstić information content (AvgIpc) is 2.95. The van der Waals surface area contributed by atoms with Crippen molar-refractivity contribution in [1.29, 1.82) is 0 Å². The molecule has 5 nitrogen and oxygen atoms in total. The minimum atomic E-state index is -0.518. The van der Waals surface area contributed by atoms with Crippen LogP contribution in [0.25, 0.3) is 0 Å². The van der Waals surface area contributed by atoms with Gasteiger partial charge in [0.1, 0.15) is 0 Å². The Labute approximate surface area is 124 Å². The number of nitrogens with one attached hydrogen (secondary N) is 1. The molecule has 0 saturated heterocycles. The Morgan fingerprint density at radius 1 is 1.30 bits per heavy atom. The second kappa shape index (κ2) is 6.49. The van der Waals surface area contributed by atoms with Crippen molar-refractivity contribution < 1.29 is 9.72 Å². The Hall–Kier alpha value is -1.92. The second-order valence-corrected chi connectivity index (χ2v) is 5.57. The van der Waals surface area contributed by atoms with E-state index in [1.807, 2.05) is 30.3 Å². The quantitative estimate of drug-likeness (QED) is 0.523. The lowest BCUT2D eigenvalue weighted by Gasteiger charge is -2.10. The van der Waals surface area contributed by atoms with Crippen molar-refractivity contribution >= 4 is 33.8 Å². The zero-order valence-corrected chi connectivity index (χ0v) is 11.9. The molecule has 1 N–H and O–H groups in total. The summed E-state index contributed by atoms with van der Waals surface area (Å²) in [5, 5.41) is 12.8. The van der Waals surface area contributed by atoms with Gasteiger partial charge in [-0.1, -0.05) is 41.7 Å². The molecule has 1 atom stereocenters. The molecule has 0 saturated carbocycles. The molecule has 0 aliphatic carbocycles. The van der Waals surface area contributed by atoms with E-state index in [4.69, 9.17) is 11.6 Å². The van der Waals surface area contributed by atoms with E-state index in [1.54, 1.807) is 0 Å². The van der Waals surface area contributed by atoms with Crippen LogP contribution in [0.5, 0.6) is 0 Å². The number of alkyl halides is 1. The summed E-state index contributed by atoms with van der Waals surface area (Å²) in [6.07, 6.45) is 0. The number of nitro groups is 1. The summed E-state index contributed by atoms with van der Waals surface area (Å²) in [5.74, 6) is -0.357. The van der Waals surface area contributed by atoms with E-state index in [9.17, 15) is 14.9 Å². The summed E-state index contributed by atoms with van der Waals surface area (Å²) in [6, 6.07) is 12.1. The predicted molar refractivity (Wildman–Crippen MR) is 78.3 cm³/mol. The third-order valence-electron chi connectivity index (χ3n) is 2.60. The van der Waals surface area contributed by atoms with Gasteiger partial charge in [-0.15, -0.1) is 11.6 Å². The number of carbonyl (C=O) groups is 1. The number of benzene rings is 1. The lowest BCUT2D eigenvalue weighted by Crippen LogP contribution is -2.26. The third-order valence-corrected chi connectivity index (χ3v) is 4.04. The summed E-state index contributed by atoms with van der Waals surface area (Å²) < 4.78 is 0. The Balaban J connectivity index is 1.93. The molecule has 20 heavy (non-hydrogen) atoms. The van der Waals surface area contributed by atoms with E-state index in [-0.39, 0.29) is 22.8 Å². The molecule has 1 amide bonds. The zero-order chi connectivity index (χ0) is 14.5. The van der Waals surface area contributed by atoms with Gasteiger partial charge < -0.3 is 5.32 Å². The first-order chi connectivity index (χ1) is 9.58. The summed E-state index contributed by atoms with van der Waals surface area (Å²) in [6.45, 7) is 0.260.